The van der Waals surface area contributed by atoms with Crippen molar-refractivity contribution in [1.29, 1.82) is 0 Å². The minimum Gasteiger partial charge on any atom is -0.324 e. The zero-order chi connectivity index (χ0) is 13.1. The van der Waals surface area contributed by atoms with Gasteiger partial charge in [0.05, 0.1) is 6.33 Å². The first-order chi connectivity index (χ1) is 7.84. The number of nitrogens with zero attached hydrogens (tertiary/aromatic N) is 2. The Bertz CT molecular complexity index is 468. The van der Waals surface area contributed by atoms with Gasteiger partial charge in [-0.25, -0.2) is 18.1 Å². The molecule has 0 aliphatic heterocycles. The molecule has 1 aromatic rings. The largest absolute Gasteiger partial charge is 0.324 e. The van der Waals surface area contributed by atoms with Crippen LogP contribution in [-0.2, 0) is 17.1 Å². The Labute approximate surface area is 107 Å². The van der Waals surface area contributed by atoms with Crippen LogP contribution in [0.25, 0.3) is 0 Å². The van der Waals surface area contributed by atoms with Gasteiger partial charge in [0.1, 0.15) is 5.15 Å². The van der Waals surface area contributed by atoms with Crippen molar-refractivity contribution in [3.8, 4) is 0 Å². The van der Waals surface area contributed by atoms with Gasteiger partial charge in [-0.05, 0) is 18.8 Å². The highest BCUT2D eigenvalue weighted by Gasteiger charge is 2.21. The second-order valence-electron chi connectivity index (χ2n) is 4.39. The van der Waals surface area contributed by atoms with Crippen molar-refractivity contribution in [1.82, 2.24) is 14.3 Å². The summed E-state index contributed by atoms with van der Waals surface area (Å²) in [5, 5.41) is 0.0209. The van der Waals surface area contributed by atoms with Gasteiger partial charge in [0.15, 0.2) is 0 Å². The molecule has 0 unspecified atom stereocenters. The summed E-state index contributed by atoms with van der Waals surface area (Å²) in [7, 11) is -1.94. The molecule has 0 aliphatic rings. The highest BCUT2D eigenvalue weighted by molar-refractivity contribution is 7.89. The Morgan fingerprint density at radius 1 is 1.53 bits per heavy atom. The first-order valence-electron chi connectivity index (χ1n) is 5.51. The van der Waals surface area contributed by atoms with Gasteiger partial charge in [-0.15, -0.1) is 0 Å². The molecule has 1 heterocycles. The Morgan fingerprint density at radius 2 is 2.18 bits per heavy atom. The molecule has 98 valence electrons. The molecule has 0 saturated carbocycles. The standard InChI is InChI=1S/C10H18ClN3O2S/c1-8(2)5-4-6-13-17(15,16)10-9(11)14(3)7-12-10/h7-8,13H,4-6H2,1-3H3. The lowest BCUT2D eigenvalue weighted by atomic mass is 10.1. The quantitative estimate of drug-likeness (QED) is 0.808. The summed E-state index contributed by atoms with van der Waals surface area (Å²) in [6.45, 7) is 4.61. The lowest BCUT2D eigenvalue weighted by Gasteiger charge is -2.06. The molecule has 7 heteroatoms. The van der Waals surface area contributed by atoms with Crippen molar-refractivity contribution < 1.29 is 8.42 Å². The summed E-state index contributed by atoms with van der Waals surface area (Å²) < 4.78 is 27.6. The summed E-state index contributed by atoms with van der Waals surface area (Å²) in [5.74, 6) is 0.568. The van der Waals surface area contributed by atoms with Crippen molar-refractivity contribution in [2.75, 3.05) is 6.54 Å². The molecule has 17 heavy (non-hydrogen) atoms. The van der Waals surface area contributed by atoms with Gasteiger partial charge in [-0.1, -0.05) is 25.4 Å². The van der Waals surface area contributed by atoms with E-state index in [1.54, 1.807) is 7.05 Å². The third kappa shape index (κ3) is 3.97. The minimum absolute atomic E-state index is 0.105. The van der Waals surface area contributed by atoms with E-state index in [1.165, 1.54) is 10.9 Å². The third-order valence-corrected chi connectivity index (χ3v) is 4.29. The van der Waals surface area contributed by atoms with Crippen LogP contribution >= 0.6 is 11.6 Å². The zero-order valence-electron chi connectivity index (χ0n) is 10.3. The maximum absolute atomic E-state index is 11.8. The highest BCUT2D eigenvalue weighted by atomic mass is 35.5. The van der Waals surface area contributed by atoms with Crippen LogP contribution in [-0.4, -0.2) is 24.5 Å². The SMILES string of the molecule is CC(C)CCCNS(=O)(=O)c1ncn(C)c1Cl. The van der Waals surface area contributed by atoms with Crippen molar-refractivity contribution in [3.05, 3.63) is 11.5 Å². The fraction of sp³-hybridized carbons (Fsp3) is 0.700. The van der Waals surface area contributed by atoms with Gasteiger partial charge in [-0.3, -0.25) is 0 Å². The third-order valence-electron chi connectivity index (χ3n) is 2.34. The van der Waals surface area contributed by atoms with E-state index in [9.17, 15) is 8.42 Å². The highest BCUT2D eigenvalue weighted by Crippen LogP contribution is 2.18. The molecule has 5 nitrogen and oxygen atoms in total. The maximum atomic E-state index is 11.8. The van der Waals surface area contributed by atoms with Crippen LogP contribution in [0.4, 0.5) is 0 Å². The fourth-order valence-electron chi connectivity index (χ4n) is 1.36. The summed E-state index contributed by atoms with van der Waals surface area (Å²) in [6, 6.07) is 0. The van der Waals surface area contributed by atoms with Crippen LogP contribution in [0.1, 0.15) is 26.7 Å². The molecule has 0 saturated heterocycles. The fourth-order valence-corrected chi connectivity index (χ4v) is 2.86. The van der Waals surface area contributed by atoms with Crippen molar-refractivity contribution in [2.24, 2.45) is 13.0 Å². The molecular weight excluding hydrogens is 262 g/mol. The summed E-state index contributed by atoms with van der Waals surface area (Å²) in [4.78, 5) is 3.78. The van der Waals surface area contributed by atoms with Crippen molar-refractivity contribution >= 4 is 21.6 Å². The first-order valence-corrected chi connectivity index (χ1v) is 7.37. The second kappa shape index (κ2) is 5.84. The summed E-state index contributed by atoms with van der Waals surface area (Å²) >= 11 is 5.84. The van der Waals surface area contributed by atoms with E-state index in [-0.39, 0.29) is 10.2 Å². The van der Waals surface area contributed by atoms with E-state index in [2.05, 4.69) is 23.6 Å². The van der Waals surface area contributed by atoms with Crippen molar-refractivity contribution in [3.63, 3.8) is 0 Å². The number of imidazole rings is 1. The lowest BCUT2D eigenvalue weighted by molar-refractivity contribution is 0.539. The number of hydrogen-bond donors (Lipinski definition) is 1. The van der Waals surface area contributed by atoms with Crippen LogP contribution in [0.15, 0.2) is 11.4 Å². The monoisotopic (exact) mass is 279 g/mol. The van der Waals surface area contributed by atoms with E-state index in [0.717, 1.165) is 12.8 Å². The number of rotatable bonds is 6. The van der Waals surface area contributed by atoms with Crippen LogP contribution in [0, 0.1) is 5.92 Å². The van der Waals surface area contributed by atoms with Gasteiger partial charge in [-0.2, -0.15) is 0 Å². The normalized spacial score (nSPS) is 12.3. The lowest BCUT2D eigenvalue weighted by Crippen LogP contribution is -2.25. The minimum atomic E-state index is -3.58. The summed E-state index contributed by atoms with van der Waals surface area (Å²) in [5.41, 5.74) is 0. The number of nitrogens with one attached hydrogen (secondary N) is 1. The van der Waals surface area contributed by atoms with Crippen LogP contribution in [0.5, 0.6) is 0 Å². The number of sulfonamides is 1. The van der Waals surface area contributed by atoms with E-state index >= 15 is 0 Å². The molecule has 0 bridgehead atoms. The molecular formula is C10H18ClN3O2S. The molecule has 0 aliphatic carbocycles. The molecule has 0 amide bonds. The van der Waals surface area contributed by atoms with Gasteiger partial charge in [0.25, 0.3) is 10.0 Å². The van der Waals surface area contributed by atoms with E-state index in [1.807, 2.05) is 0 Å². The summed E-state index contributed by atoms with van der Waals surface area (Å²) in [6.07, 6.45) is 3.17. The van der Waals surface area contributed by atoms with Gasteiger partial charge >= 0.3 is 0 Å². The Balaban J connectivity index is 2.61. The van der Waals surface area contributed by atoms with Gasteiger partial charge in [0.2, 0.25) is 5.03 Å². The second-order valence-corrected chi connectivity index (χ2v) is 6.43. The predicted molar refractivity (Wildman–Crippen MR) is 67.5 cm³/mol. The van der Waals surface area contributed by atoms with E-state index in [0.29, 0.717) is 12.5 Å². The average Bonchev–Trinajstić information content (AvgIpc) is 2.55. The van der Waals surface area contributed by atoms with E-state index < -0.39 is 10.0 Å². The maximum Gasteiger partial charge on any atom is 0.261 e. The smallest absolute Gasteiger partial charge is 0.261 e. The Kier molecular flexibility index (Phi) is 4.97. The molecule has 0 fully saturated rings. The predicted octanol–water partition coefficient (Wildman–Crippen LogP) is 1.79. The van der Waals surface area contributed by atoms with Gasteiger partial charge < -0.3 is 4.57 Å². The first kappa shape index (κ1) is 14.5. The number of aryl methyl sites for hydroxylation is 1. The molecule has 0 spiro atoms. The number of hydrogen-bond acceptors (Lipinski definition) is 3. The van der Waals surface area contributed by atoms with Crippen LogP contribution in [0.2, 0.25) is 5.15 Å². The Morgan fingerprint density at radius 3 is 2.65 bits per heavy atom. The van der Waals surface area contributed by atoms with Crippen molar-refractivity contribution in [2.45, 2.75) is 31.7 Å². The molecule has 1 N–H and O–H groups in total. The topological polar surface area (TPSA) is 64.0 Å². The Hall–Kier alpha value is -0.590. The molecule has 0 aromatic carbocycles. The van der Waals surface area contributed by atoms with E-state index in [4.69, 9.17) is 11.6 Å². The zero-order valence-corrected chi connectivity index (χ0v) is 11.8. The molecule has 1 aromatic heterocycles. The number of halogens is 1. The molecule has 1 rings (SSSR count). The average molecular weight is 280 g/mol. The van der Waals surface area contributed by atoms with Gasteiger partial charge in [0, 0.05) is 13.6 Å². The molecule has 0 atom stereocenters. The number of aromatic nitrogens is 2. The van der Waals surface area contributed by atoms with Crippen LogP contribution < -0.4 is 4.72 Å². The molecule has 0 radical (unpaired) electrons. The van der Waals surface area contributed by atoms with Crippen LogP contribution in [0.3, 0.4) is 0 Å².